The van der Waals surface area contributed by atoms with E-state index in [0.717, 1.165) is 11.1 Å². The summed E-state index contributed by atoms with van der Waals surface area (Å²) in [6.45, 7) is 1.32. The lowest BCUT2D eigenvalue weighted by Gasteiger charge is -2.24. The van der Waals surface area contributed by atoms with Gasteiger partial charge in [0.2, 0.25) is 11.8 Å². The number of halogens is 1. The minimum atomic E-state index is -0.469. The number of carbonyl (C=O) groups excluding carboxylic acids is 2. The second-order valence-corrected chi connectivity index (χ2v) is 6.66. The van der Waals surface area contributed by atoms with Crippen LogP contribution in [-0.2, 0) is 14.3 Å². The minimum Gasteiger partial charge on any atom is -0.383 e. The molecule has 0 spiro atoms. The lowest BCUT2D eigenvalue weighted by atomic mass is 9.90. The molecule has 1 atom stereocenters. The molecule has 0 aromatic heterocycles. The van der Waals surface area contributed by atoms with E-state index in [9.17, 15) is 9.59 Å². The number of carbonyl (C=O) groups is 2. The Hall–Kier alpha value is -2.37. The molecule has 0 bridgehead atoms. The van der Waals surface area contributed by atoms with Gasteiger partial charge in [-0.15, -0.1) is 0 Å². The summed E-state index contributed by atoms with van der Waals surface area (Å²) in [7, 11) is 1.59. The molecule has 2 aromatic carbocycles. The Morgan fingerprint density at radius 3 is 2.42 bits per heavy atom. The van der Waals surface area contributed by atoms with Gasteiger partial charge in [-0.05, 0) is 23.3 Å². The summed E-state index contributed by atoms with van der Waals surface area (Å²) in [5.74, 6) is -0.617. The molecule has 2 amide bonds. The number of hydrogen-bond donors (Lipinski definition) is 0. The van der Waals surface area contributed by atoms with Crippen molar-refractivity contribution >= 4 is 23.4 Å². The van der Waals surface area contributed by atoms with Crippen molar-refractivity contribution in [3.8, 4) is 0 Å². The highest BCUT2D eigenvalue weighted by Crippen LogP contribution is 2.29. The zero-order valence-corrected chi connectivity index (χ0v) is 15.4. The fraction of sp³-hybridized carbons (Fsp3) is 0.300. The first-order valence-electron chi connectivity index (χ1n) is 8.46. The third kappa shape index (κ3) is 4.06. The summed E-state index contributed by atoms with van der Waals surface area (Å²) in [5, 5.41) is 0.620. The summed E-state index contributed by atoms with van der Waals surface area (Å²) in [6, 6.07) is 16.9. The Balaban J connectivity index is 1.86. The lowest BCUT2D eigenvalue weighted by Crippen LogP contribution is -2.36. The van der Waals surface area contributed by atoms with Gasteiger partial charge >= 0.3 is 0 Å². The number of hydrogen-bond acceptors (Lipinski definition) is 3. The van der Waals surface area contributed by atoms with E-state index >= 15 is 0 Å². The summed E-state index contributed by atoms with van der Waals surface area (Å²) in [6.07, 6.45) is 0. The predicted molar refractivity (Wildman–Crippen MR) is 99.9 cm³/mol. The van der Waals surface area contributed by atoms with E-state index < -0.39 is 5.92 Å². The Bertz CT molecular complexity index is 764. The van der Waals surface area contributed by atoms with Crippen molar-refractivity contribution in [1.82, 2.24) is 9.80 Å². The first-order chi connectivity index (χ1) is 12.6. The highest BCUT2D eigenvalue weighted by Gasteiger charge is 2.35. The molecule has 6 heteroatoms. The van der Waals surface area contributed by atoms with Crippen LogP contribution in [0.5, 0.6) is 0 Å². The van der Waals surface area contributed by atoms with Crippen LogP contribution in [0.2, 0.25) is 5.02 Å². The van der Waals surface area contributed by atoms with Gasteiger partial charge in [0.25, 0.3) is 0 Å². The van der Waals surface area contributed by atoms with Gasteiger partial charge in [0.1, 0.15) is 6.54 Å². The zero-order valence-electron chi connectivity index (χ0n) is 14.6. The van der Waals surface area contributed by atoms with Crippen LogP contribution in [0, 0.1) is 0 Å². The molecule has 5 nitrogen and oxygen atoms in total. The van der Waals surface area contributed by atoms with Gasteiger partial charge in [0, 0.05) is 18.7 Å². The zero-order chi connectivity index (χ0) is 18.5. The van der Waals surface area contributed by atoms with E-state index in [4.69, 9.17) is 16.3 Å². The van der Waals surface area contributed by atoms with Crippen molar-refractivity contribution in [2.24, 2.45) is 0 Å². The van der Waals surface area contributed by atoms with E-state index in [1.165, 1.54) is 0 Å². The van der Waals surface area contributed by atoms with Gasteiger partial charge in [0.15, 0.2) is 0 Å². The first kappa shape index (κ1) is 18.4. The molecule has 136 valence electrons. The Labute approximate surface area is 158 Å². The average Bonchev–Trinajstić information content (AvgIpc) is 3.03. The average molecular weight is 373 g/mol. The highest BCUT2D eigenvalue weighted by atomic mass is 35.5. The molecule has 0 radical (unpaired) electrons. The molecular formula is C20H21ClN2O3. The molecule has 1 unspecified atom stereocenters. The SMILES string of the molecule is COCCN1CN(C(=O)C(c2ccccc2)c2ccc(Cl)cc2)CC1=O. The predicted octanol–water partition coefficient (Wildman–Crippen LogP) is 2.75. The van der Waals surface area contributed by atoms with Gasteiger partial charge < -0.3 is 14.5 Å². The fourth-order valence-electron chi connectivity index (χ4n) is 3.10. The number of methoxy groups -OCH3 is 1. The van der Waals surface area contributed by atoms with Crippen LogP contribution in [-0.4, -0.2) is 55.1 Å². The second-order valence-electron chi connectivity index (χ2n) is 6.22. The molecule has 1 aliphatic heterocycles. The van der Waals surface area contributed by atoms with Crippen molar-refractivity contribution < 1.29 is 14.3 Å². The van der Waals surface area contributed by atoms with Gasteiger partial charge in [-0.1, -0.05) is 54.1 Å². The van der Waals surface area contributed by atoms with Crippen LogP contribution in [0.15, 0.2) is 54.6 Å². The van der Waals surface area contributed by atoms with Gasteiger partial charge in [-0.3, -0.25) is 9.59 Å². The molecule has 1 heterocycles. The molecule has 1 saturated heterocycles. The number of nitrogens with zero attached hydrogens (tertiary/aromatic N) is 2. The van der Waals surface area contributed by atoms with Crippen LogP contribution in [0.25, 0.3) is 0 Å². The minimum absolute atomic E-state index is 0.0571. The van der Waals surface area contributed by atoms with E-state index in [-0.39, 0.29) is 25.0 Å². The molecule has 1 aliphatic rings. The lowest BCUT2D eigenvalue weighted by molar-refractivity contribution is -0.132. The summed E-state index contributed by atoms with van der Waals surface area (Å²) >= 11 is 6.00. The molecule has 3 rings (SSSR count). The molecule has 0 N–H and O–H groups in total. The maximum Gasteiger partial charge on any atom is 0.243 e. The van der Waals surface area contributed by atoms with Crippen molar-refractivity contribution in [2.45, 2.75) is 5.92 Å². The van der Waals surface area contributed by atoms with E-state index in [0.29, 0.717) is 18.2 Å². The Morgan fingerprint density at radius 1 is 1.12 bits per heavy atom. The van der Waals surface area contributed by atoms with Crippen LogP contribution in [0.4, 0.5) is 0 Å². The van der Waals surface area contributed by atoms with Crippen LogP contribution in [0.3, 0.4) is 0 Å². The number of ether oxygens (including phenoxy) is 1. The summed E-state index contributed by atoms with van der Waals surface area (Å²) in [4.78, 5) is 28.7. The standard InChI is InChI=1S/C20H21ClN2O3/c1-26-12-11-22-14-23(13-18(22)24)20(25)19(15-5-3-2-4-6-15)16-7-9-17(21)10-8-16/h2-10,19H,11-14H2,1H3. The van der Waals surface area contributed by atoms with Crippen molar-refractivity contribution in [1.29, 1.82) is 0 Å². The monoisotopic (exact) mass is 372 g/mol. The van der Waals surface area contributed by atoms with Gasteiger partial charge in [-0.25, -0.2) is 0 Å². The molecule has 1 fully saturated rings. The van der Waals surface area contributed by atoms with Crippen molar-refractivity contribution in [2.75, 3.05) is 33.5 Å². The topological polar surface area (TPSA) is 49.9 Å². The maximum atomic E-state index is 13.3. The molecule has 26 heavy (non-hydrogen) atoms. The van der Waals surface area contributed by atoms with Crippen LogP contribution in [0.1, 0.15) is 17.0 Å². The van der Waals surface area contributed by atoms with Crippen molar-refractivity contribution in [3.05, 3.63) is 70.7 Å². The highest BCUT2D eigenvalue weighted by molar-refractivity contribution is 6.30. The van der Waals surface area contributed by atoms with Gasteiger partial charge in [0.05, 0.1) is 19.2 Å². The maximum absolute atomic E-state index is 13.3. The molecule has 0 saturated carbocycles. The van der Waals surface area contributed by atoms with E-state index in [1.54, 1.807) is 29.0 Å². The number of amides is 2. The fourth-order valence-corrected chi connectivity index (χ4v) is 3.23. The Kier molecular flexibility index (Phi) is 5.91. The molecule has 2 aromatic rings. The normalized spacial score (nSPS) is 15.4. The smallest absolute Gasteiger partial charge is 0.243 e. The van der Waals surface area contributed by atoms with E-state index in [1.807, 2.05) is 42.5 Å². The summed E-state index contributed by atoms with van der Waals surface area (Å²) in [5.41, 5.74) is 1.75. The number of rotatable bonds is 6. The van der Waals surface area contributed by atoms with Gasteiger partial charge in [-0.2, -0.15) is 0 Å². The quantitative estimate of drug-likeness (QED) is 0.783. The Morgan fingerprint density at radius 2 is 1.77 bits per heavy atom. The van der Waals surface area contributed by atoms with Crippen LogP contribution < -0.4 is 0 Å². The largest absolute Gasteiger partial charge is 0.383 e. The first-order valence-corrected chi connectivity index (χ1v) is 8.84. The number of benzene rings is 2. The second kappa shape index (κ2) is 8.34. The third-order valence-electron chi connectivity index (χ3n) is 4.48. The van der Waals surface area contributed by atoms with E-state index in [2.05, 4.69) is 0 Å². The molecule has 0 aliphatic carbocycles. The van der Waals surface area contributed by atoms with Crippen LogP contribution >= 0.6 is 11.6 Å². The third-order valence-corrected chi connectivity index (χ3v) is 4.73. The summed E-state index contributed by atoms with van der Waals surface area (Å²) < 4.78 is 5.04. The van der Waals surface area contributed by atoms with Crippen molar-refractivity contribution in [3.63, 3.8) is 0 Å². The molecular weight excluding hydrogens is 352 g/mol.